The fourth-order valence-electron chi connectivity index (χ4n) is 2.13. The third-order valence-corrected chi connectivity index (χ3v) is 3.93. The lowest BCUT2D eigenvalue weighted by Gasteiger charge is -2.13. The summed E-state index contributed by atoms with van der Waals surface area (Å²) in [6.07, 6.45) is 0. The molecule has 0 radical (unpaired) electrons. The van der Waals surface area contributed by atoms with E-state index in [2.05, 4.69) is 10.6 Å². The van der Waals surface area contributed by atoms with Crippen LogP contribution in [0.2, 0.25) is 0 Å². The second kappa shape index (κ2) is 8.27. The zero-order valence-corrected chi connectivity index (χ0v) is 14.9. The fourth-order valence-corrected chi connectivity index (χ4v) is 2.67. The summed E-state index contributed by atoms with van der Waals surface area (Å²) in [7, 11) is 0. The Labute approximate surface area is 153 Å². The molecule has 2 rings (SSSR count). The Morgan fingerprint density at radius 3 is 2.15 bits per heavy atom. The number of hydrogen-bond acceptors (Lipinski definition) is 3. The first-order valence-corrected chi connectivity index (χ1v) is 8.54. The van der Waals surface area contributed by atoms with Crippen LogP contribution in [0.1, 0.15) is 34.6 Å². The van der Waals surface area contributed by atoms with Crippen LogP contribution in [-0.2, 0) is 0 Å². The molecule has 0 saturated carbocycles. The molecule has 2 aromatic carbocycles. The van der Waals surface area contributed by atoms with Crippen molar-refractivity contribution in [2.75, 3.05) is 5.32 Å². The number of carbonyl (C=O) groups is 2. The molecule has 0 aromatic heterocycles. The second-order valence-corrected chi connectivity index (χ2v) is 6.84. The lowest BCUT2D eigenvalue weighted by Crippen LogP contribution is -2.31. The van der Waals surface area contributed by atoms with Crippen LogP contribution < -0.4 is 10.6 Å². The summed E-state index contributed by atoms with van der Waals surface area (Å²) < 4.78 is 37.0. The van der Waals surface area contributed by atoms with Crippen LogP contribution in [0.5, 0.6) is 0 Å². The van der Waals surface area contributed by atoms with Gasteiger partial charge in [-0.1, -0.05) is 12.1 Å². The standard InChI is InChI=1S/C18H17F3N2O2S/c1-11(2)22-17(25)14-5-3-4-6-15(14)23-16(24)12-7-9-13(10-8-12)26-18(19,20)21/h3-11H,1-2H3,(H,22,25)(H,23,24). The van der Waals surface area contributed by atoms with Gasteiger partial charge in [-0.2, -0.15) is 13.2 Å². The quantitative estimate of drug-likeness (QED) is 0.738. The predicted octanol–water partition coefficient (Wildman–Crippen LogP) is 4.69. The minimum atomic E-state index is -4.38. The Balaban J connectivity index is 2.14. The number of para-hydroxylation sites is 1. The monoisotopic (exact) mass is 382 g/mol. The maximum absolute atomic E-state index is 12.3. The van der Waals surface area contributed by atoms with Gasteiger partial charge in [-0.15, -0.1) is 0 Å². The molecule has 0 aliphatic carbocycles. The van der Waals surface area contributed by atoms with Gasteiger partial charge in [-0.25, -0.2) is 0 Å². The van der Waals surface area contributed by atoms with Crippen molar-refractivity contribution in [2.45, 2.75) is 30.3 Å². The first-order valence-electron chi connectivity index (χ1n) is 7.73. The van der Waals surface area contributed by atoms with E-state index in [1.165, 1.54) is 24.3 Å². The molecule has 0 aliphatic heterocycles. The van der Waals surface area contributed by atoms with E-state index in [9.17, 15) is 22.8 Å². The molecule has 2 amide bonds. The molecular weight excluding hydrogens is 365 g/mol. The number of hydrogen-bond donors (Lipinski definition) is 2. The van der Waals surface area contributed by atoms with Gasteiger partial charge in [0.05, 0.1) is 11.3 Å². The van der Waals surface area contributed by atoms with Gasteiger partial charge >= 0.3 is 5.51 Å². The van der Waals surface area contributed by atoms with Crippen molar-refractivity contribution in [2.24, 2.45) is 0 Å². The molecule has 138 valence electrons. The maximum atomic E-state index is 12.3. The Morgan fingerprint density at radius 1 is 0.962 bits per heavy atom. The van der Waals surface area contributed by atoms with E-state index >= 15 is 0 Å². The largest absolute Gasteiger partial charge is 0.446 e. The molecule has 0 spiro atoms. The zero-order valence-electron chi connectivity index (χ0n) is 14.1. The van der Waals surface area contributed by atoms with Crippen LogP contribution in [0.25, 0.3) is 0 Å². The highest BCUT2D eigenvalue weighted by Crippen LogP contribution is 2.36. The topological polar surface area (TPSA) is 58.2 Å². The lowest BCUT2D eigenvalue weighted by atomic mass is 10.1. The smallest absolute Gasteiger partial charge is 0.350 e. The van der Waals surface area contributed by atoms with Gasteiger partial charge in [-0.05, 0) is 62.0 Å². The highest BCUT2D eigenvalue weighted by Gasteiger charge is 2.29. The Kier molecular flexibility index (Phi) is 6.31. The van der Waals surface area contributed by atoms with Gasteiger partial charge in [-0.3, -0.25) is 9.59 Å². The molecule has 0 aliphatic rings. The van der Waals surface area contributed by atoms with Gasteiger partial charge in [0.2, 0.25) is 0 Å². The minimum Gasteiger partial charge on any atom is -0.350 e. The third kappa shape index (κ3) is 5.80. The summed E-state index contributed by atoms with van der Waals surface area (Å²) in [5.74, 6) is -0.841. The molecule has 0 bridgehead atoms. The maximum Gasteiger partial charge on any atom is 0.446 e. The highest BCUT2D eigenvalue weighted by atomic mass is 32.2. The Morgan fingerprint density at radius 2 is 1.58 bits per heavy atom. The average molecular weight is 382 g/mol. The van der Waals surface area contributed by atoms with E-state index < -0.39 is 11.4 Å². The van der Waals surface area contributed by atoms with E-state index in [0.717, 1.165) is 0 Å². The Bertz CT molecular complexity index is 790. The molecule has 0 heterocycles. The minimum absolute atomic E-state index is 0.00855. The molecule has 0 saturated heterocycles. The molecule has 8 heteroatoms. The number of thioether (sulfide) groups is 1. The molecule has 0 unspecified atom stereocenters. The zero-order chi connectivity index (χ0) is 19.3. The molecule has 26 heavy (non-hydrogen) atoms. The van der Waals surface area contributed by atoms with Crippen LogP contribution in [0.15, 0.2) is 53.4 Å². The fraction of sp³-hybridized carbons (Fsp3) is 0.222. The number of anilines is 1. The number of amides is 2. The summed E-state index contributed by atoms with van der Waals surface area (Å²) in [4.78, 5) is 24.5. The van der Waals surface area contributed by atoms with Crippen molar-refractivity contribution in [1.29, 1.82) is 0 Å². The predicted molar refractivity (Wildman–Crippen MR) is 95.4 cm³/mol. The molecule has 2 N–H and O–H groups in total. The van der Waals surface area contributed by atoms with E-state index in [4.69, 9.17) is 0 Å². The van der Waals surface area contributed by atoms with Crippen molar-refractivity contribution in [1.82, 2.24) is 5.32 Å². The summed E-state index contributed by atoms with van der Waals surface area (Å²) in [6, 6.07) is 11.5. The number of benzene rings is 2. The van der Waals surface area contributed by atoms with E-state index in [1.807, 2.05) is 13.8 Å². The number of nitrogens with one attached hydrogen (secondary N) is 2. The molecule has 0 atom stereocenters. The summed E-state index contributed by atoms with van der Waals surface area (Å²) in [6.45, 7) is 3.64. The normalized spacial score (nSPS) is 11.3. The first-order chi connectivity index (χ1) is 12.2. The molecule has 4 nitrogen and oxygen atoms in total. The van der Waals surface area contributed by atoms with E-state index in [0.29, 0.717) is 11.3 Å². The average Bonchev–Trinajstić information content (AvgIpc) is 2.53. The molecule has 0 fully saturated rings. The lowest BCUT2D eigenvalue weighted by molar-refractivity contribution is -0.0328. The van der Waals surface area contributed by atoms with E-state index in [-0.39, 0.29) is 34.2 Å². The Hall–Kier alpha value is -2.48. The van der Waals surface area contributed by atoms with Crippen molar-refractivity contribution >= 4 is 29.3 Å². The van der Waals surface area contributed by atoms with E-state index in [1.54, 1.807) is 24.3 Å². The third-order valence-electron chi connectivity index (χ3n) is 3.19. The van der Waals surface area contributed by atoms with Gasteiger partial charge in [0.15, 0.2) is 0 Å². The van der Waals surface area contributed by atoms with Crippen LogP contribution in [0.4, 0.5) is 18.9 Å². The number of alkyl halides is 3. The van der Waals surface area contributed by atoms with Crippen LogP contribution in [0, 0.1) is 0 Å². The number of halogens is 3. The number of carbonyl (C=O) groups excluding carboxylic acids is 2. The highest BCUT2D eigenvalue weighted by molar-refractivity contribution is 8.00. The van der Waals surface area contributed by atoms with Crippen molar-refractivity contribution in [3.05, 3.63) is 59.7 Å². The van der Waals surface area contributed by atoms with Gasteiger partial charge in [0.25, 0.3) is 11.8 Å². The molecule has 2 aromatic rings. The van der Waals surface area contributed by atoms with Crippen LogP contribution >= 0.6 is 11.8 Å². The van der Waals surface area contributed by atoms with Crippen molar-refractivity contribution < 1.29 is 22.8 Å². The molecular formula is C18H17F3N2O2S. The van der Waals surface area contributed by atoms with Gasteiger partial charge < -0.3 is 10.6 Å². The van der Waals surface area contributed by atoms with Crippen molar-refractivity contribution in [3.8, 4) is 0 Å². The summed E-state index contributed by atoms with van der Waals surface area (Å²) in [5.41, 5.74) is -3.56. The van der Waals surface area contributed by atoms with Gasteiger partial charge in [0.1, 0.15) is 0 Å². The SMILES string of the molecule is CC(C)NC(=O)c1ccccc1NC(=O)c1ccc(SC(F)(F)F)cc1. The summed E-state index contributed by atoms with van der Waals surface area (Å²) >= 11 is -0.247. The number of rotatable bonds is 5. The van der Waals surface area contributed by atoms with Crippen molar-refractivity contribution in [3.63, 3.8) is 0 Å². The summed E-state index contributed by atoms with van der Waals surface area (Å²) in [5, 5.41) is 5.36. The van der Waals surface area contributed by atoms with Crippen LogP contribution in [0.3, 0.4) is 0 Å². The van der Waals surface area contributed by atoms with Gasteiger partial charge in [0, 0.05) is 16.5 Å². The second-order valence-electron chi connectivity index (χ2n) is 5.70. The van der Waals surface area contributed by atoms with Crippen LogP contribution in [-0.4, -0.2) is 23.4 Å². The first kappa shape index (κ1) is 19.8.